The Kier molecular flexibility index (Phi) is 5.74. The summed E-state index contributed by atoms with van der Waals surface area (Å²) in [6, 6.07) is 0. The number of carbonyl (C=O) groups excluding carboxylic acids is 1. The molecule has 0 amide bonds. The molecule has 5 nitrogen and oxygen atoms in total. The van der Waals surface area contributed by atoms with E-state index >= 15 is 0 Å². The van der Waals surface area contributed by atoms with Crippen LogP contribution in [-0.2, 0) is 22.6 Å². The van der Waals surface area contributed by atoms with E-state index in [1.54, 1.807) is 6.92 Å². The molecule has 0 bridgehead atoms. The van der Waals surface area contributed by atoms with E-state index in [0.29, 0.717) is 0 Å². The molecule has 0 aromatic carbocycles. The highest BCUT2D eigenvalue weighted by molar-refractivity contribution is 5.73. The zero-order chi connectivity index (χ0) is 16.0. The fourth-order valence-electron chi connectivity index (χ4n) is 1.56. The highest BCUT2D eigenvalue weighted by Gasteiger charge is 2.35. The number of halogens is 4. The predicted octanol–water partition coefficient (Wildman–Crippen LogP) is 2.56. The monoisotopic (exact) mass is 311 g/mol. The number of ether oxygens (including phenoxy) is 3. The summed E-state index contributed by atoms with van der Waals surface area (Å²) in [6.45, 7) is 0.351. The highest BCUT2D eigenvalue weighted by Crippen LogP contribution is 2.37. The minimum absolute atomic E-state index is 0.0891. The van der Waals surface area contributed by atoms with Gasteiger partial charge < -0.3 is 14.2 Å². The Morgan fingerprint density at radius 2 is 2.05 bits per heavy atom. The van der Waals surface area contributed by atoms with E-state index in [9.17, 15) is 22.4 Å². The maximum Gasteiger partial charge on any atom is 0.573 e. The summed E-state index contributed by atoms with van der Waals surface area (Å²) in [4.78, 5) is 15.1. The molecule has 0 spiro atoms. The molecule has 118 valence electrons. The van der Waals surface area contributed by atoms with Crippen molar-refractivity contribution in [1.29, 1.82) is 0 Å². The van der Waals surface area contributed by atoms with Crippen LogP contribution >= 0.6 is 0 Å². The first-order valence-electron chi connectivity index (χ1n) is 5.84. The third-order valence-electron chi connectivity index (χ3n) is 2.37. The Labute approximate surface area is 117 Å². The highest BCUT2D eigenvalue weighted by atomic mass is 19.4. The molecule has 0 N–H and O–H groups in total. The number of carbonyl (C=O) groups is 1. The molecule has 0 saturated heterocycles. The van der Waals surface area contributed by atoms with Crippen molar-refractivity contribution >= 4 is 5.97 Å². The second-order valence-corrected chi connectivity index (χ2v) is 3.74. The van der Waals surface area contributed by atoms with Gasteiger partial charge in [-0.1, -0.05) is 0 Å². The maximum absolute atomic E-state index is 13.1. The third-order valence-corrected chi connectivity index (χ3v) is 2.37. The van der Waals surface area contributed by atoms with Crippen molar-refractivity contribution in [2.75, 3.05) is 13.7 Å². The van der Waals surface area contributed by atoms with Gasteiger partial charge in [0.1, 0.15) is 6.67 Å². The lowest BCUT2D eigenvalue weighted by molar-refractivity contribution is -0.275. The quantitative estimate of drug-likeness (QED) is 0.597. The summed E-state index contributed by atoms with van der Waals surface area (Å²) >= 11 is 0. The molecule has 1 aromatic rings. The van der Waals surface area contributed by atoms with Gasteiger partial charge in [-0.2, -0.15) is 0 Å². The van der Waals surface area contributed by atoms with Crippen LogP contribution < -0.4 is 9.47 Å². The summed E-state index contributed by atoms with van der Waals surface area (Å²) < 4.78 is 63.3. The smallest absolute Gasteiger partial charge is 0.491 e. The second kappa shape index (κ2) is 7.09. The van der Waals surface area contributed by atoms with Crippen molar-refractivity contribution < 1.29 is 36.6 Å². The number of hydrogen-bond acceptors (Lipinski definition) is 5. The number of aromatic nitrogens is 1. The van der Waals surface area contributed by atoms with Gasteiger partial charge in [0, 0.05) is 0 Å². The Bertz CT molecular complexity index is 505. The molecule has 1 rings (SSSR count). The Morgan fingerprint density at radius 3 is 2.52 bits per heavy atom. The molecule has 0 aliphatic heterocycles. The largest absolute Gasteiger partial charge is 0.573 e. The van der Waals surface area contributed by atoms with Crippen LogP contribution in [0.15, 0.2) is 6.20 Å². The van der Waals surface area contributed by atoms with Crippen molar-refractivity contribution in [3.8, 4) is 11.5 Å². The zero-order valence-electron chi connectivity index (χ0n) is 11.3. The first kappa shape index (κ1) is 17.0. The van der Waals surface area contributed by atoms with Gasteiger partial charge in [-0.25, -0.2) is 4.39 Å². The average molecular weight is 311 g/mol. The van der Waals surface area contributed by atoms with Crippen LogP contribution in [0.1, 0.15) is 18.2 Å². The summed E-state index contributed by atoms with van der Waals surface area (Å²) in [5.74, 6) is -1.96. The summed E-state index contributed by atoms with van der Waals surface area (Å²) in [5, 5.41) is 0. The fourth-order valence-corrected chi connectivity index (χ4v) is 1.56. The average Bonchev–Trinajstić information content (AvgIpc) is 2.37. The van der Waals surface area contributed by atoms with Crippen molar-refractivity contribution in [3.63, 3.8) is 0 Å². The Hall–Kier alpha value is -2.06. The molecular formula is C12H13F4NO4. The predicted molar refractivity (Wildman–Crippen MR) is 62.6 cm³/mol. The van der Waals surface area contributed by atoms with Crippen LogP contribution in [-0.4, -0.2) is 31.0 Å². The van der Waals surface area contributed by atoms with Gasteiger partial charge in [-0.05, 0) is 6.92 Å². The first-order valence-corrected chi connectivity index (χ1v) is 5.84. The van der Waals surface area contributed by atoms with Crippen molar-refractivity contribution in [1.82, 2.24) is 4.98 Å². The van der Waals surface area contributed by atoms with E-state index in [-0.39, 0.29) is 18.1 Å². The van der Waals surface area contributed by atoms with E-state index in [1.807, 2.05) is 0 Å². The van der Waals surface area contributed by atoms with E-state index in [0.717, 1.165) is 13.3 Å². The fraction of sp³-hybridized carbons (Fsp3) is 0.500. The topological polar surface area (TPSA) is 57.7 Å². The minimum atomic E-state index is -5.03. The molecule has 21 heavy (non-hydrogen) atoms. The lowest BCUT2D eigenvalue weighted by atomic mass is 10.1. The van der Waals surface area contributed by atoms with Crippen LogP contribution in [0.4, 0.5) is 17.6 Å². The van der Waals surface area contributed by atoms with Gasteiger partial charge in [0.2, 0.25) is 0 Å². The van der Waals surface area contributed by atoms with Gasteiger partial charge in [-0.15, -0.1) is 13.2 Å². The van der Waals surface area contributed by atoms with Crippen LogP contribution in [0.3, 0.4) is 0 Å². The lowest BCUT2D eigenvalue weighted by Crippen LogP contribution is -2.20. The van der Waals surface area contributed by atoms with Gasteiger partial charge in [0.15, 0.2) is 11.5 Å². The van der Waals surface area contributed by atoms with Crippen LogP contribution in [0.5, 0.6) is 11.5 Å². The van der Waals surface area contributed by atoms with Crippen LogP contribution in [0.25, 0.3) is 0 Å². The first-order chi connectivity index (χ1) is 9.82. The second-order valence-electron chi connectivity index (χ2n) is 3.74. The normalized spacial score (nSPS) is 11.1. The molecular weight excluding hydrogens is 298 g/mol. The number of rotatable bonds is 6. The Morgan fingerprint density at radius 1 is 1.38 bits per heavy atom. The van der Waals surface area contributed by atoms with E-state index in [2.05, 4.69) is 19.2 Å². The third kappa shape index (κ3) is 4.76. The molecule has 0 unspecified atom stereocenters. The number of hydrogen-bond donors (Lipinski definition) is 0. The molecule has 1 heterocycles. The number of nitrogens with zero attached hydrogens (tertiary/aromatic N) is 1. The molecule has 9 heteroatoms. The van der Waals surface area contributed by atoms with E-state index in [4.69, 9.17) is 0 Å². The molecule has 0 fully saturated rings. The van der Waals surface area contributed by atoms with Crippen LogP contribution in [0.2, 0.25) is 0 Å². The number of pyridine rings is 1. The zero-order valence-corrected chi connectivity index (χ0v) is 11.3. The lowest BCUT2D eigenvalue weighted by Gasteiger charge is -2.17. The minimum Gasteiger partial charge on any atom is -0.491 e. The molecule has 0 aliphatic carbocycles. The Balaban J connectivity index is 3.22. The number of alkyl halides is 4. The van der Waals surface area contributed by atoms with E-state index < -0.39 is 36.7 Å². The van der Waals surface area contributed by atoms with Crippen molar-refractivity contribution in [3.05, 3.63) is 17.5 Å². The number of methoxy groups -OCH3 is 1. The molecule has 1 aromatic heterocycles. The van der Waals surface area contributed by atoms with Gasteiger partial charge in [-0.3, -0.25) is 9.78 Å². The van der Waals surface area contributed by atoms with Crippen LogP contribution in [0, 0.1) is 0 Å². The summed E-state index contributed by atoms with van der Waals surface area (Å²) in [7, 11) is 1.09. The molecule has 0 saturated carbocycles. The van der Waals surface area contributed by atoms with Crippen molar-refractivity contribution in [2.45, 2.75) is 26.4 Å². The standard InChI is InChI=1S/C12H13F4NO4/c1-3-20-10(18)4-8-7(5-13)11(21-12(14,15)16)9(19-2)6-17-8/h6H,3-5H2,1-2H3. The molecule has 0 atom stereocenters. The van der Waals surface area contributed by atoms with Gasteiger partial charge >= 0.3 is 12.3 Å². The summed E-state index contributed by atoms with van der Waals surface area (Å²) in [6.07, 6.45) is -4.57. The SMILES string of the molecule is CCOC(=O)Cc1ncc(OC)c(OC(F)(F)F)c1CF. The maximum atomic E-state index is 13.1. The van der Waals surface area contributed by atoms with E-state index in [1.165, 1.54) is 0 Å². The van der Waals surface area contributed by atoms with Gasteiger partial charge in [0.25, 0.3) is 0 Å². The number of esters is 1. The van der Waals surface area contributed by atoms with Gasteiger partial charge in [0.05, 0.1) is 37.6 Å². The molecule has 0 radical (unpaired) electrons. The summed E-state index contributed by atoms with van der Waals surface area (Å²) in [5.41, 5.74) is -0.698. The van der Waals surface area contributed by atoms with Crippen molar-refractivity contribution in [2.24, 2.45) is 0 Å². The molecule has 0 aliphatic rings.